The molecule has 0 aliphatic carbocycles. The number of rotatable bonds is 5. The first kappa shape index (κ1) is 19.8. The van der Waals surface area contributed by atoms with Crippen LogP contribution in [0, 0.1) is 0 Å². The monoisotopic (exact) mass is 433 g/mol. The first-order valence-corrected chi connectivity index (χ1v) is 11.0. The van der Waals surface area contributed by atoms with Crippen molar-refractivity contribution >= 4 is 44.3 Å². The van der Waals surface area contributed by atoms with E-state index in [-0.39, 0.29) is 17.3 Å². The molecular weight excluding hydrogens is 414 g/mol. The van der Waals surface area contributed by atoms with Crippen LogP contribution in [0.15, 0.2) is 53.7 Å². The molecule has 2 aromatic heterocycles. The molecule has 152 valence electrons. The summed E-state index contributed by atoms with van der Waals surface area (Å²) in [4.78, 5) is 21.5. The number of hydrogen-bond donors (Lipinski definition) is 2. The lowest BCUT2D eigenvalue weighted by atomic mass is 10.3. The number of pyridine rings is 1. The van der Waals surface area contributed by atoms with Gasteiger partial charge in [0.2, 0.25) is 15.9 Å². The van der Waals surface area contributed by atoms with Crippen molar-refractivity contribution in [3.05, 3.63) is 53.8 Å². The third-order valence-electron chi connectivity index (χ3n) is 4.84. The number of nitrogens with zero attached hydrogens (tertiary/aromatic N) is 3. The highest BCUT2D eigenvalue weighted by Crippen LogP contribution is 2.25. The van der Waals surface area contributed by atoms with Crippen LogP contribution < -0.4 is 5.32 Å². The number of carbonyl (C=O) groups excluding carboxylic acids is 1. The molecule has 1 saturated heterocycles. The standard InChI is InChI=1S/C19H20ClN5O3S/c20-14-3-1-4-15(11-14)23-18(26)13-24-7-9-25(10-8-24)29(27,28)17-12-22-19-16(17)5-2-6-21-19/h1-6,11-12H,7-10,13H2,(H,21,22)(H,23,26). The third-order valence-corrected chi connectivity index (χ3v) is 7.01. The zero-order chi connectivity index (χ0) is 20.4. The highest BCUT2D eigenvalue weighted by atomic mass is 35.5. The minimum atomic E-state index is -3.63. The molecule has 4 rings (SSSR count). The number of hydrogen-bond acceptors (Lipinski definition) is 5. The lowest BCUT2D eigenvalue weighted by molar-refractivity contribution is -0.117. The van der Waals surface area contributed by atoms with Crippen LogP contribution in [0.2, 0.25) is 5.02 Å². The van der Waals surface area contributed by atoms with Crippen molar-refractivity contribution in [3.63, 3.8) is 0 Å². The second-order valence-electron chi connectivity index (χ2n) is 6.79. The van der Waals surface area contributed by atoms with Crippen LogP contribution in [0.1, 0.15) is 0 Å². The van der Waals surface area contributed by atoms with E-state index in [1.807, 2.05) is 4.90 Å². The molecule has 1 aromatic carbocycles. The van der Waals surface area contributed by atoms with E-state index in [1.165, 1.54) is 10.5 Å². The van der Waals surface area contributed by atoms with Crippen molar-refractivity contribution in [2.45, 2.75) is 4.90 Å². The molecule has 10 heteroatoms. The Balaban J connectivity index is 1.37. The normalized spacial score (nSPS) is 16.2. The van der Waals surface area contributed by atoms with E-state index in [1.54, 1.807) is 42.6 Å². The number of carbonyl (C=O) groups is 1. The van der Waals surface area contributed by atoms with Gasteiger partial charge < -0.3 is 10.3 Å². The Kier molecular flexibility index (Phi) is 5.55. The van der Waals surface area contributed by atoms with Crippen molar-refractivity contribution in [2.75, 3.05) is 38.0 Å². The Bertz CT molecular complexity index is 1140. The van der Waals surface area contributed by atoms with Crippen LogP contribution in [-0.2, 0) is 14.8 Å². The number of nitrogens with one attached hydrogen (secondary N) is 2. The van der Waals surface area contributed by atoms with E-state index in [0.717, 1.165) is 0 Å². The van der Waals surface area contributed by atoms with Gasteiger partial charge in [-0.05, 0) is 30.3 Å². The van der Waals surface area contributed by atoms with Crippen molar-refractivity contribution < 1.29 is 13.2 Å². The summed E-state index contributed by atoms with van der Waals surface area (Å²) in [6.45, 7) is 1.78. The van der Waals surface area contributed by atoms with Crippen LogP contribution in [-0.4, -0.2) is 66.2 Å². The summed E-state index contributed by atoms with van der Waals surface area (Å²) in [6, 6.07) is 10.4. The summed E-state index contributed by atoms with van der Waals surface area (Å²) < 4.78 is 27.5. The maximum atomic E-state index is 13.0. The number of fused-ring (bicyclic) bond motifs is 1. The highest BCUT2D eigenvalue weighted by molar-refractivity contribution is 7.89. The van der Waals surface area contributed by atoms with Gasteiger partial charge in [0.15, 0.2) is 0 Å². The third kappa shape index (κ3) is 4.27. The second-order valence-corrected chi connectivity index (χ2v) is 9.13. The summed E-state index contributed by atoms with van der Waals surface area (Å²) >= 11 is 5.93. The predicted molar refractivity (Wildman–Crippen MR) is 111 cm³/mol. The second kappa shape index (κ2) is 8.11. The minimum Gasteiger partial charge on any atom is -0.345 e. The number of sulfonamides is 1. The van der Waals surface area contributed by atoms with Gasteiger partial charge in [0.05, 0.1) is 6.54 Å². The number of benzene rings is 1. The van der Waals surface area contributed by atoms with Crippen LogP contribution in [0.4, 0.5) is 5.69 Å². The van der Waals surface area contributed by atoms with Crippen LogP contribution in [0.3, 0.4) is 0 Å². The summed E-state index contributed by atoms with van der Waals surface area (Å²) in [6.07, 6.45) is 3.10. The molecule has 29 heavy (non-hydrogen) atoms. The molecule has 2 N–H and O–H groups in total. The maximum Gasteiger partial charge on any atom is 0.245 e. The zero-order valence-electron chi connectivity index (χ0n) is 15.5. The molecular formula is C19H20ClN5O3S. The first-order chi connectivity index (χ1) is 13.9. The molecule has 0 atom stereocenters. The zero-order valence-corrected chi connectivity index (χ0v) is 17.1. The van der Waals surface area contributed by atoms with E-state index < -0.39 is 10.0 Å². The van der Waals surface area contributed by atoms with E-state index in [4.69, 9.17) is 11.6 Å². The predicted octanol–water partition coefficient (Wildman–Crippen LogP) is 2.16. The van der Waals surface area contributed by atoms with Gasteiger partial charge in [0.1, 0.15) is 10.5 Å². The lowest BCUT2D eigenvalue weighted by Gasteiger charge is -2.33. The van der Waals surface area contributed by atoms with Crippen LogP contribution in [0.25, 0.3) is 11.0 Å². The van der Waals surface area contributed by atoms with Gasteiger partial charge in [0, 0.05) is 54.7 Å². The Hall–Kier alpha value is -2.46. The molecule has 1 aliphatic rings. The SMILES string of the molecule is O=C(CN1CCN(S(=O)(=O)c2c[nH]c3ncccc23)CC1)Nc1cccc(Cl)c1. The van der Waals surface area contributed by atoms with Gasteiger partial charge >= 0.3 is 0 Å². The molecule has 3 aromatic rings. The van der Waals surface area contributed by atoms with Crippen LogP contribution in [0.5, 0.6) is 0 Å². The highest BCUT2D eigenvalue weighted by Gasteiger charge is 2.31. The van der Waals surface area contributed by atoms with Gasteiger partial charge in [-0.3, -0.25) is 9.69 Å². The van der Waals surface area contributed by atoms with Gasteiger partial charge in [0.25, 0.3) is 0 Å². The Morgan fingerprint density at radius 2 is 1.97 bits per heavy atom. The van der Waals surface area contributed by atoms with E-state index in [9.17, 15) is 13.2 Å². The molecule has 3 heterocycles. The minimum absolute atomic E-state index is 0.161. The average Bonchev–Trinajstić information content (AvgIpc) is 3.13. The number of aromatic nitrogens is 2. The number of halogens is 1. The fourth-order valence-corrected chi connectivity index (χ4v) is 5.14. The molecule has 0 bridgehead atoms. The molecule has 1 fully saturated rings. The van der Waals surface area contributed by atoms with Crippen molar-refractivity contribution in [2.24, 2.45) is 0 Å². The largest absolute Gasteiger partial charge is 0.345 e. The number of amides is 1. The van der Waals surface area contributed by atoms with Gasteiger partial charge in [-0.25, -0.2) is 13.4 Å². The topological polar surface area (TPSA) is 98.4 Å². The number of piperazine rings is 1. The average molecular weight is 434 g/mol. The van der Waals surface area contributed by atoms with Crippen LogP contribution >= 0.6 is 11.6 Å². The van der Waals surface area contributed by atoms with Gasteiger partial charge in [-0.2, -0.15) is 4.31 Å². The Morgan fingerprint density at radius 3 is 2.72 bits per heavy atom. The van der Waals surface area contributed by atoms with E-state index in [2.05, 4.69) is 15.3 Å². The number of aromatic amines is 1. The molecule has 1 amide bonds. The fraction of sp³-hybridized carbons (Fsp3) is 0.263. The Morgan fingerprint density at radius 1 is 1.17 bits per heavy atom. The molecule has 0 unspecified atom stereocenters. The molecule has 0 radical (unpaired) electrons. The summed E-state index contributed by atoms with van der Waals surface area (Å²) in [5.74, 6) is -0.161. The van der Waals surface area contributed by atoms with Gasteiger partial charge in [-0.1, -0.05) is 17.7 Å². The lowest BCUT2D eigenvalue weighted by Crippen LogP contribution is -2.50. The molecule has 8 nitrogen and oxygen atoms in total. The molecule has 1 aliphatic heterocycles. The Labute approximate surface area is 173 Å². The quantitative estimate of drug-likeness (QED) is 0.642. The maximum absolute atomic E-state index is 13.0. The van der Waals surface area contributed by atoms with Crippen molar-refractivity contribution in [1.82, 2.24) is 19.2 Å². The van der Waals surface area contributed by atoms with Crippen molar-refractivity contribution in [1.29, 1.82) is 0 Å². The first-order valence-electron chi connectivity index (χ1n) is 9.13. The van der Waals surface area contributed by atoms with E-state index >= 15 is 0 Å². The summed E-state index contributed by atoms with van der Waals surface area (Å²) in [5, 5.41) is 3.94. The smallest absolute Gasteiger partial charge is 0.245 e. The molecule has 0 saturated carbocycles. The van der Waals surface area contributed by atoms with Crippen molar-refractivity contribution in [3.8, 4) is 0 Å². The number of anilines is 1. The summed E-state index contributed by atoms with van der Waals surface area (Å²) in [5.41, 5.74) is 1.18. The fourth-order valence-electron chi connectivity index (χ4n) is 3.38. The molecule has 0 spiro atoms. The van der Waals surface area contributed by atoms with E-state index in [0.29, 0.717) is 47.9 Å². The summed E-state index contributed by atoms with van der Waals surface area (Å²) in [7, 11) is -3.63. The van der Waals surface area contributed by atoms with Gasteiger partial charge in [-0.15, -0.1) is 0 Å². The number of H-pyrrole nitrogens is 1.